The third kappa shape index (κ3) is 2.50. The van der Waals surface area contributed by atoms with Crippen molar-refractivity contribution >= 4 is 5.97 Å². The lowest BCUT2D eigenvalue weighted by Crippen LogP contribution is -2.27. The smallest absolute Gasteiger partial charge is 0.335 e. The zero-order valence-electron chi connectivity index (χ0n) is 10.4. The van der Waals surface area contributed by atoms with Crippen molar-refractivity contribution < 1.29 is 9.90 Å². The molecule has 0 spiro atoms. The first-order valence-corrected chi connectivity index (χ1v) is 6.14. The summed E-state index contributed by atoms with van der Waals surface area (Å²) in [6, 6.07) is 3.63. The summed E-state index contributed by atoms with van der Waals surface area (Å²) < 4.78 is 0. The van der Waals surface area contributed by atoms with Crippen LogP contribution in [0.1, 0.15) is 45.8 Å². The second-order valence-corrected chi connectivity index (χ2v) is 4.84. The molecule has 0 saturated carbocycles. The van der Waals surface area contributed by atoms with Crippen LogP contribution in [0.5, 0.6) is 0 Å². The first-order chi connectivity index (χ1) is 8.09. The van der Waals surface area contributed by atoms with E-state index in [9.17, 15) is 4.79 Å². The Balaban J connectivity index is 2.40. The first-order valence-electron chi connectivity index (χ1n) is 6.14. The SMILES string of the molecule is Cc1cc(C(=O)O)cc(C2CCNCC2)c1C. The lowest BCUT2D eigenvalue weighted by atomic mass is 9.85. The summed E-state index contributed by atoms with van der Waals surface area (Å²) >= 11 is 0. The van der Waals surface area contributed by atoms with Crippen molar-refractivity contribution in [1.82, 2.24) is 5.32 Å². The van der Waals surface area contributed by atoms with Crippen molar-refractivity contribution in [2.75, 3.05) is 13.1 Å². The summed E-state index contributed by atoms with van der Waals surface area (Å²) in [6.07, 6.45) is 2.20. The summed E-state index contributed by atoms with van der Waals surface area (Å²) in [5.74, 6) is -0.322. The minimum Gasteiger partial charge on any atom is -0.478 e. The van der Waals surface area contributed by atoms with Gasteiger partial charge >= 0.3 is 5.97 Å². The largest absolute Gasteiger partial charge is 0.478 e. The lowest BCUT2D eigenvalue weighted by molar-refractivity contribution is 0.0696. The molecule has 3 heteroatoms. The number of carboxylic acid groups (broad SMARTS) is 1. The number of hydrogen-bond acceptors (Lipinski definition) is 2. The van der Waals surface area contributed by atoms with Crippen LogP contribution < -0.4 is 5.32 Å². The van der Waals surface area contributed by atoms with Crippen LogP contribution in [0, 0.1) is 13.8 Å². The lowest BCUT2D eigenvalue weighted by Gasteiger charge is -2.25. The fourth-order valence-electron chi connectivity index (χ4n) is 2.57. The Labute approximate surface area is 102 Å². The molecule has 0 aliphatic carbocycles. The highest BCUT2D eigenvalue weighted by molar-refractivity contribution is 5.88. The first kappa shape index (κ1) is 12.1. The van der Waals surface area contributed by atoms with Gasteiger partial charge in [-0.05, 0) is 74.5 Å². The molecule has 3 nitrogen and oxygen atoms in total. The van der Waals surface area contributed by atoms with Crippen LogP contribution in [0.15, 0.2) is 12.1 Å². The van der Waals surface area contributed by atoms with Gasteiger partial charge in [0.15, 0.2) is 0 Å². The van der Waals surface area contributed by atoms with E-state index >= 15 is 0 Å². The maximum atomic E-state index is 11.1. The number of aromatic carboxylic acids is 1. The maximum Gasteiger partial charge on any atom is 0.335 e. The summed E-state index contributed by atoms with van der Waals surface area (Å²) in [4.78, 5) is 11.1. The molecule has 1 aliphatic heterocycles. The minimum atomic E-state index is -0.830. The molecule has 17 heavy (non-hydrogen) atoms. The van der Waals surface area contributed by atoms with Crippen LogP contribution in [0.4, 0.5) is 0 Å². The topological polar surface area (TPSA) is 49.3 Å². The van der Waals surface area contributed by atoms with Gasteiger partial charge in [0.2, 0.25) is 0 Å². The van der Waals surface area contributed by atoms with Crippen molar-refractivity contribution in [3.63, 3.8) is 0 Å². The molecule has 1 heterocycles. The van der Waals surface area contributed by atoms with E-state index in [0.717, 1.165) is 31.5 Å². The minimum absolute atomic E-state index is 0.418. The third-order valence-electron chi connectivity index (χ3n) is 3.73. The van der Waals surface area contributed by atoms with E-state index in [1.54, 1.807) is 6.07 Å². The highest BCUT2D eigenvalue weighted by atomic mass is 16.4. The number of carboxylic acids is 1. The standard InChI is InChI=1S/C14H19NO2/c1-9-7-12(14(16)17)8-13(10(9)2)11-3-5-15-6-4-11/h7-8,11,15H,3-6H2,1-2H3,(H,16,17). The van der Waals surface area contributed by atoms with Gasteiger partial charge in [0.25, 0.3) is 0 Å². The van der Waals surface area contributed by atoms with E-state index in [1.807, 2.05) is 13.0 Å². The van der Waals surface area contributed by atoms with Crippen LogP contribution in [-0.2, 0) is 0 Å². The number of hydrogen-bond donors (Lipinski definition) is 2. The van der Waals surface area contributed by atoms with Gasteiger partial charge in [0.05, 0.1) is 5.56 Å². The van der Waals surface area contributed by atoms with E-state index in [-0.39, 0.29) is 0 Å². The number of rotatable bonds is 2. The van der Waals surface area contributed by atoms with Crippen LogP contribution >= 0.6 is 0 Å². The quantitative estimate of drug-likeness (QED) is 0.825. The molecule has 1 aromatic carbocycles. The normalized spacial score (nSPS) is 17.1. The predicted molar refractivity (Wildman–Crippen MR) is 67.7 cm³/mol. The summed E-state index contributed by atoms with van der Waals surface area (Å²) in [6.45, 7) is 6.14. The van der Waals surface area contributed by atoms with Gasteiger partial charge in [-0.15, -0.1) is 0 Å². The Morgan fingerprint density at radius 3 is 2.53 bits per heavy atom. The summed E-state index contributed by atoms with van der Waals surface area (Å²) in [5, 5.41) is 12.5. The van der Waals surface area contributed by atoms with E-state index in [2.05, 4.69) is 12.2 Å². The van der Waals surface area contributed by atoms with Crippen molar-refractivity contribution in [2.24, 2.45) is 0 Å². The number of aryl methyl sites for hydroxylation is 1. The second-order valence-electron chi connectivity index (χ2n) is 4.84. The Morgan fingerprint density at radius 2 is 1.94 bits per heavy atom. The molecule has 0 aromatic heterocycles. The highest BCUT2D eigenvalue weighted by Gasteiger charge is 2.19. The fraction of sp³-hybridized carbons (Fsp3) is 0.500. The van der Waals surface area contributed by atoms with E-state index in [4.69, 9.17) is 5.11 Å². The maximum absolute atomic E-state index is 11.1. The Bertz CT molecular complexity index is 434. The van der Waals surface area contributed by atoms with Gasteiger partial charge in [-0.3, -0.25) is 0 Å². The molecule has 0 unspecified atom stereocenters. The molecule has 1 aromatic rings. The van der Waals surface area contributed by atoms with Crippen molar-refractivity contribution in [3.8, 4) is 0 Å². The average molecular weight is 233 g/mol. The molecule has 1 saturated heterocycles. The number of carbonyl (C=O) groups is 1. The fourth-order valence-corrected chi connectivity index (χ4v) is 2.57. The monoisotopic (exact) mass is 233 g/mol. The summed E-state index contributed by atoms with van der Waals surface area (Å²) in [7, 11) is 0. The summed E-state index contributed by atoms with van der Waals surface area (Å²) in [5.41, 5.74) is 3.98. The van der Waals surface area contributed by atoms with Crippen molar-refractivity contribution in [2.45, 2.75) is 32.6 Å². The number of piperidine rings is 1. The Kier molecular flexibility index (Phi) is 3.48. The molecule has 0 radical (unpaired) electrons. The molecule has 1 fully saturated rings. The van der Waals surface area contributed by atoms with Crippen LogP contribution in [0.25, 0.3) is 0 Å². The van der Waals surface area contributed by atoms with E-state index in [0.29, 0.717) is 11.5 Å². The van der Waals surface area contributed by atoms with Crippen LogP contribution in [-0.4, -0.2) is 24.2 Å². The molecule has 2 rings (SSSR count). The van der Waals surface area contributed by atoms with Gasteiger partial charge in [-0.2, -0.15) is 0 Å². The van der Waals surface area contributed by atoms with E-state index < -0.39 is 5.97 Å². The Hall–Kier alpha value is -1.35. The molecule has 1 aliphatic rings. The van der Waals surface area contributed by atoms with Crippen LogP contribution in [0.3, 0.4) is 0 Å². The highest BCUT2D eigenvalue weighted by Crippen LogP contribution is 2.30. The van der Waals surface area contributed by atoms with Gasteiger partial charge in [-0.25, -0.2) is 4.79 Å². The number of benzene rings is 1. The Morgan fingerprint density at radius 1 is 1.29 bits per heavy atom. The molecule has 0 bridgehead atoms. The average Bonchev–Trinajstić information content (AvgIpc) is 2.33. The zero-order valence-corrected chi connectivity index (χ0v) is 10.4. The van der Waals surface area contributed by atoms with Gasteiger partial charge in [-0.1, -0.05) is 0 Å². The molecule has 0 amide bonds. The zero-order chi connectivity index (χ0) is 12.4. The van der Waals surface area contributed by atoms with Gasteiger partial charge in [0.1, 0.15) is 0 Å². The molecule has 2 N–H and O–H groups in total. The molecular formula is C14H19NO2. The molecule has 0 atom stereocenters. The third-order valence-corrected chi connectivity index (χ3v) is 3.73. The van der Waals surface area contributed by atoms with Crippen molar-refractivity contribution in [3.05, 3.63) is 34.4 Å². The van der Waals surface area contributed by atoms with Gasteiger partial charge in [0, 0.05) is 0 Å². The van der Waals surface area contributed by atoms with Crippen molar-refractivity contribution in [1.29, 1.82) is 0 Å². The second kappa shape index (κ2) is 4.88. The van der Waals surface area contributed by atoms with Gasteiger partial charge < -0.3 is 10.4 Å². The van der Waals surface area contributed by atoms with Crippen LogP contribution in [0.2, 0.25) is 0 Å². The molecular weight excluding hydrogens is 214 g/mol. The predicted octanol–water partition coefficient (Wildman–Crippen LogP) is 2.47. The van der Waals surface area contributed by atoms with E-state index in [1.165, 1.54) is 11.1 Å². The molecule has 92 valence electrons. The number of nitrogens with one attached hydrogen (secondary N) is 1.